The van der Waals surface area contributed by atoms with Crippen LogP contribution in [0.25, 0.3) is 0 Å². The summed E-state index contributed by atoms with van der Waals surface area (Å²) < 4.78 is 12.8. The zero-order valence-corrected chi connectivity index (χ0v) is 19.6. The molecule has 0 saturated carbocycles. The summed E-state index contributed by atoms with van der Waals surface area (Å²) in [7, 11) is -1.20. The smallest absolute Gasteiger partial charge is 0.315 e. The molecule has 176 valence electrons. The first-order chi connectivity index (χ1) is 16.0. The topological polar surface area (TPSA) is 95.6 Å². The van der Waals surface area contributed by atoms with Crippen molar-refractivity contribution >= 4 is 29.0 Å². The highest BCUT2D eigenvalue weighted by Gasteiger charge is 2.34. The van der Waals surface area contributed by atoms with Crippen molar-refractivity contribution in [1.82, 2.24) is 15.5 Å². The Hall–Kier alpha value is -3.00. The number of hydrogen-bond donors (Lipinski definition) is 2. The maximum atomic E-state index is 12.8. The van der Waals surface area contributed by atoms with Crippen LogP contribution < -0.4 is 10.6 Å². The van der Waals surface area contributed by atoms with E-state index in [1.807, 2.05) is 67.6 Å². The minimum absolute atomic E-state index is 0.193. The average molecular weight is 470 g/mol. The lowest BCUT2D eigenvalue weighted by Gasteiger charge is -2.22. The van der Waals surface area contributed by atoms with Gasteiger partial charge in [0.15, 0.2) is 0 Å². The lowest BCUT2D eigenvalue weighted by atomic mass is 10.0. The molecule has 3 amide bonds. The van der Waals surface area contributed by atoms with Crippen molar-refractivity contribution in [1.29, 1.82) is 0 Å². The van der Waals surface area contributed by atoms with Crippen LogP contribution in [0.2, 0.25) is 0 Å². The Morgan fingerprint density at radius 3 is 2.42 bits per heavy atom. The van der Waals surface area contributed by atoms with Gasteiger partial charge < -0.3 is 20.3 Å². The summed E-state index contributed by atoms with van der Waals surface area (Å²) in [6.45, 7) is 2.38. The number of hydrogen-bond acceptors (Lipinski definition) is 4. The first kappa shape index (κ1) is 24.6. The lowest BCUT2D eigenvalue weighted by molar-refractivity contribution is -0.133. The first-order valence-corrected chi connectivity index (χ1v) is 12.7. The highest BCUT2D eigenvalue weighted by molar-refractivity contribution is 7.84. The largest absolute Gasteiger partial charge is 0.331 e. The van der Waals surface area contributed by atoms with Crippen molar-refractivity contribution in [3.63, 3.8) is 0 Å². The van der Waals surface area contributed by atoms with Gasteiger partial charge in [-0.2, -0.15) is 0 Å². The number of amides is 3. The molecule has 7 nitrogen and oxygen atoms in total. The van der Waals surface area contributed by atoms with Crippen LogP contribution in [0.5, 0.6) is 0 Å². The quantitative estimate of drug-likeness (QED) is 0.523. The molecule has 8 heteroatoms. The number of carbonyl (C=O) groups is 3. The van der Waals surface area contributed by atoms with Crippen molar-refractivity contribution in [2.75, 3.05) is 18.8 Å². The molecule has 0 radical (unpaired) electrons. The van der Waals surface area contributed by atoms with Gasteiger partial charge in [-0.25, -0.2) is 4.79 Å². The van der Waals surface area contributed by atoms with E-state index < -0.39 is 28.9 Å². The standard InChI is InChI=1S/C25H31N3O4S/c1-2-19-13-22(16-29)28(15-19)24(30)14-26-25(31)27-23(21-11-7-4-8-12-21)18-33(32)17-20-9-5-3-6-10-20/h3-12,16,19,22-23H,2,13-15,17-18H2,1H3,(H2,26,27,31)/t19?,22?,23-,33?/m1/s1. The van der Waals surface area contributed by atoms with E-state index in [1.54, 1.807) is 4.90 Å². The van der Waals surface area contributed by atoms with E-state index in [2.05, 4.69) is 10.6 Å². The molecule has 2 N–H and O–H groups in total. The van der Waals surface area contributed by atoms with Gasteiger partial charge in [0.1, 0.15) is 6.29 Å². The molecule has 2 aromatic rings. The minimum atomic E-state index is -1.20. The molecule has 3 rings (SSSR count). The molecular weight excluding hydrogens is 438 g/mol. The van der Waals surface area contributed by atoms with E-state index in [9.17, 15) is 18.6 Å². The number of urea groups is 1. The van der Waals surface area contributed by atoms with E-state index in [0.717, 1.165) is 23.8 Å². The van der Waals surface area contributed by atoms with Gasteiger partial charge in [0.2, 0.25) is 5.91 Å². The van der Waals surface area contributed by atoms with Crippen LogP contribution in [0.4, 0.5) is 4.79 Å². The van der Waals surface area contributed by atoms with Gasteiger partial charge in [-0.1, -0.05) is 74.0 Å². The van der Waals surface area contributed by atoms with Crippen molar-refractivity contribution in [2.24, 2.45) is 5.92 Å². The molecule has 1 fully saturated rings. The number of likely N-dealkylation sites (tertiary alicyclic amines) is 1. The van der Waals surface area contributed by atoms with E-state index >= 15 is 0 Å². The maximum absolute atomic E-state index is 12.8. The third-order valence-electron chi connectivity index (χ3n) is 5.92. The van der Waals surface area contributed by atoms with Gasteiger partial charge in [-0.15, -0.1) is 0 Å². The second-order valence-electron chi connectivity index (χ2n) is 8.29. The van der Waals surface area contributed by atoms with Crippen LogP contribution in [0, 0.1) is 5.92 Å². The summed E-state index contributed by atoms with van der Waals surface area (Å²) in [5.74, 6) is 0.673. The summed E-state index contributed by atoms with van der Waals surface area (Å²) in [4.78, 5) is 38.1. The Morgan fingerprint density at radius 1 is 1.12 bits per heavy atom. The summed E-state index contributed by atoms with van der Waals surface area (Å²) in [6.07, 6.45) is 2.38. The second-order valence-corrected chi connectivity index (χ2v) is 9.79. The molecular formula is C25H31N3O4S. The summed E-state index contributed by atoms with van der Waals surface area (Å²) in [5.41, 5.74) is 1.81. The van der Waals surface area contributed by atoms with E-state index in [-0.39, 0.29) is 18.2 Å². The zero-order valence-electron chi connectivity index (χ0n) is 18.8. The fourth-order valence-corrected chi connectivity index (χ4v) is 5.38. The van der Waals surface area contributed by atoms with E-state index in [4.69, 9.17) is 0 Å². The molecule has 1 saturated heterocycles. The molecule has 0 aliphatic carbocycles. The average Bonchev–Trinajstić information content (AvgIpc) is 3.27. The van der Waals surface area contributed by atoms with Crippen LogP contribution in [-0.4, -0.2) is 52.2 Å². The van der Waals surface area contributed by atoms with Gasteiger partial charge >= 0.3 is 6.03 Å². The number of nitrogens with zero attached hydrogens (tertiary/aromatic N) is 1. The van der Waals surface area contributed by atoms with Crippen molar-refractivity contribution in [3.05, 3.63) is 71.8 Å². The molecule has 33 heavy (non-hydrogen) atoms. The monoisotopic (exact) mass is 469 g/mol. The van der Waals surface area contributed by atoms with Gasteiger partial charge in [0, 0.05) is 28.9 Å². The molecule has 0 bridgehead atoms. The van der Waals surface area contributed by atoms with Gasteiger partial charge in [-0.3, -0.25) is 9.00 Å². The zero-order chi connectivity index (χ0) is 23.6. The van der Waals surface area contributed by atoms with Crippen molar-refractivity contribution in [3.8, 4) is 0 Å². The molecule has 4 atom stereocenters. The van der Waals surface area contributed by atoms with Crippen molar-refractivity contribution < 1.29 is 18.6 Å². The number of carbonyl (C=O) groups excluding carboxylic acids is 3. The highest BCUT2D eigenvalue weighted by atomic mass is 32.2. The van der Waals surface area contributed by atoms with Crippen LogP contribution in [0.15, 0.2) is 60.7 Å². The Balaban J connectivity index is 1.58. The van der Waals surface area contributed by atoms with Crippen LogP contribution in [0.1, 0.15) is 36.9 Å². The van der Waals surface area contributed by atoms with E-state index in [1.165, 1.54) is 0 Å². The predicted molar refractivity (Wildman–Crippen MR) is 129 cm³/mol. The second kappa shape index (κ2) is 12.3. The number of rotatable bonds is 10. The first-order valence-electron chi connectivity index (χ1n) is 11.2. The third-order valence-corrected chi connectivity index (χ3v) is 7.28. The van der Waals surface area contributed by atoms with Gasteiger partial charge in [0.05, 0.1) is 18.6 Å². The molecule has 0 spiro atoms. The molecule has 1 aliphatic heterocycles. The van der Waals surface area contributed by atoms with Crippen molar-refractivity contribution in [2.45, 2.75) is 37.6 Å². The molecule has 0 aromatic heterocycles. The fraction of sp³-hybridized carbons (Fsp3) is 0.400. The normalized spacial score (nSPS) is 19.5. The third kappa shape index (κ3) is 7.25. The summed E-state index contributed by atoms with van der Waals surface area (Å²) in [5, 5.41) is 5.46. The maximum Gasteiger partial charge on any atom is 0.315 e. The molecule has 3 unspecified atom stereocenters. The van der Waals surface area contributed by atoms with Gasteiger partial charge in [-0.05, 0) is 23.5 Å². The van der Waals surface area contributed by atoms with E-state index in [0.29, 0.717) is 24.6 Å². The molecule has 2 aromatic carbocycles. The molecule has 1 heterocycles. The van der Waals surface area contributed by atoms with Crippen LogP contribution in [0.3, 0.4) is 0 Å². The Morgan fingerprint density at radius 2 is 1.79 bits per heavy atom. The number of aldehydes is 1. The predicted octanol–water partition coefficient (Wildman–Crippen LogP) is 2.80. The fourth-order valence-electron chi connectivity index (χ4n) is 4.05. The lowest BCUT2D eigenvalue weighted by Crippen LogP contribution is -2.47. The number of benzene rings is 2. The summed E-state index contributed by atoms with van der Waals surface area (Å²) in [6, 6.07) is 17.5. The summed E-state index contributed by atoms with van der Waals surface area (Å²) >= 11 is 0. The SMILES string of the molecule is CCC1CC(C=O)N(C(=O)CNC(=O)N[C@H](CS(=O)Cc2ccccc2)c2ccccc2)C1. The molecule has 1 aliphatic rings. The van der Waals surface area contributed by atoms with Crippen LogP contribution >= 0.6 is 0 Å². The Bertz CT molecular complexity index is 955. The van der Waals surface area contributed by atoms with Crippen LogP contribution in [-0.2, 0) is 26.1 Å². The van der Waals surface area contributed by atoms with Gasteiger partial charge in [0.25, 0.3) is 0 Å². The Kier molecular flexibility index (Phi) is 9.18. The number of nitrogens with one attached hydrogen (secondary N) is 2. The minimum Gasteiger partial charge on any atom is -0.331 e. The highest BCUT2D eigenvalue weighted by Crippen LogP contribution is 2.24. The Labute approximate surface area is 197 Å².